The number of benzene rings is 1. The van der Waals surface area contributed by atoms with Gasteiger partial charge < -0.3 is 4.74 Å². The van der Waals surface area contributed by atoms with Crippen LogP contribution >= 0.6 is 15.9 Å². The maximum Gasteiger partial charge on any atom is 0.181 e. The highest BCUT2D eigenvalue weighted by Gasteiger charge is 2.04. The average molecular weight is 254 g/mol. The van der Waals surface area contributed by atoms with Crippen molar-refractivity contribution < 1.29 is 9.53 Å². The van der Waals surface area contributed by atoms with Gasteiger partial charge in [0.1, 0.15) is 11.8 Å². The second-order valence-corrected chi connectivity index (χ2v) is 3.54. The van der Waals surface area contributed by atoms with Crippen LogP contribution in [-0.4, -0.2) is 12.4 Å². The molecule has 0 aliphatic carbocycles. The third-order valence-electron chi connectivity index (χ3n) is 1.59. The standard InChI is InChI=1S/C10H8BrNO2/c1-7(5-12)14-9-2-3-10(11)8(4-9)6-13/h2-4,6-7H,1H3. The number of nitrogens with zero attached hydrogens (tertiary/aromatic N) is 1. The Hall–Kier alpha value is -1.34. The van der Waals surface area contributed by atoms with E-state index < -0.39 is 6.10 Å². The van der Waals surface area contributed by atoms with Gasteiger partial charge in [0.2, 0.25) is 0 Å². The third-order valence-corrected chi connectivity index (χ3v) is 2.31. The zero-order chi connectivity index (χ0) is 10.6. The molecule has 0 aromatic heterocycles. The molecule has 1 atom stereocenters. The van der Waals surface area contributed by atoms with E-state index in [4.69, 9.17) is 10.00 Å². The molecule has 0 heterocycles. The number of hydrogen-bond acceptors (Lipinski definition) is 3. The van der Waals surface area contributed by atoms with Crippen LogP contribution in [0.4, 0.5) is 0 Å². The van der Waals surface area contributed by atoms with Crippen molar-refractivity contribution >= 4 is 22.2 Å². The van der Waals surface area contributed by atoms with Crippen LogP contribution in [0, 0.1) is 11.3 Å². The summed E-state index contributed by atoms with van der Waals surface area (Å²) >= 11 is 3.22. The topological polar surface area (TPSA) is 50.1 Å². The predicted molar refractivity (Wildman–Crippen MR) is 55.2 cm³/mol. The van der Waals surface area contributed by atoms with Gasteiger partial charge in [0, 0.05) is 10.0 Å². The van der Waals surface area contributed by atoms with E-state index in [1.807, 2.05) is 6.07 Å². The van der Waals surface area contributed by atoms with Crippen LogP contribution in [0.25, 0.3) is 0 Å². The number of halogens is 1. The fourth-order valence-electron chi connectivity index (χ4n) is 0.916. The van der Waals surface area contributed by atoms with Crippen molar-refractivity contribution in [3.05, 3.63) is 28.2 Å². The average Bonchev–Trinajstić information content (AvgIpc) is 2.20. The summed E-state index contributed by atoms with van der Waals surface area (Å²) in [6.45, 7) is 1.64. The molecule has 0 aliphatic rings. The molecule has 0 amide bonds. The number of hydrogen-bond donors (Lipinski definition) is 0. The van der Waals surface area contributed by atoms with Crippen molar-refractivity contribution in [3.63, 3.8) is 0 Å². The largest absolute Gasteiger partial charge is 0.476 e. The molecule has 0 N–H and O–H groups in total. The van der Waals surface area contributed by atoms with E-state index in [1.54, 1.807) is 25.1 Å². The van der Waals surface area contributed by atoms with Crippen molar-refractivity contribution in [1.82, 2.24) is 0 Å². The molecule has 0 saturated heterocycles. The van der Waals surface area contributed by atoms with Crippen molar-refractivity contribution in [2.45, 2.75) is 13.0 Å². The molecule has 0 spiro atoms. The van der Waals surface area contributed by atoms with E-state index in [1.165, 1.54) is 0 Å². The smallest absolute Gasteiger partial charge is 0.181 e. The molecular weight excluding hydrogens is 246 g/mol. The Morgan fingerprint density at radius 2 is 2.36 bits per heavy atom. The highest BCUT2D eigenvalue weighted by atomic mass is 79.9. The Morgan fingerprint density at radius 3 is 2.93 bits per heavy atom. The van der Waals surface area contributed by atoms with Crippen molar-refractivity contribution in [2.75, 3.05) is 0 Å². The first-order valence-electron chi connectivity index (χ1n) is 3.98. The molecule has 0 radical (unpaired) electrons. The lowest BCUT2D eigenvalue weighted by Gasteiger charge is -2.08. The van der Waals surface area contributed by atoms with Gasteiger partial charge in [0.05, 0.1) is 0 Å². The van der Waals surface area contributed by atoms with Gasteiger partial charge in [-0.3, -0.25) is 4.79 Å². The summed E-state index contributed by atoms with van der Waals surface area (Å²) < 4.78 is 5.93. The zero-order valence-corrected chi connectivity index (χ0v) is 9.11. The van der Waals surface area contributed by atoms with Gasteiger partial charge in [-0.15, -0.1) is 0 Å². The van der Waals surface area contributed by atoms with Gasteiger partial charge in [-0.05, 0) is 25.1 Å². The first-order chi connectivity index (χ1) is 6.67. The summed E-state index contributed by atoms with van der Waals surface area (Å²) in [5.41, 5.74) is 0.507. The SMILES string of the molecule is CC(C#N)Oc1ccc(Br)c(C=O)c1. The Bertz CT molecular complexity index is 384. The lowest BCUT2D eigenvalue weighted by atomic mass is 10.2. The molecule has 0 saturated carbocycles. The number of carbonyl (C=O) groups excluding carboxylic acids is 1. The highest BCUT2D eigenvalue weighted by molar-refractivity contribution is 9.10. The third kappa shape index (κ3) is 2.57. The van der Waals surface area contributed by atoms with Crippen molar-refractivity contribution in [1.29, 1.82) is 5.26 Å². The molecule has 72 valence electrons. The first kappa shape index (κ1) is 10.7. The van der Waals surface area contributed by atoms with E-state index in [2.05, 4.69) is 15.9 Å². The highest BCUT2D eigenvalue weighted by Crippen LogP contribution is 2.21. The Labute approximate surface area is 90.4 Å². The summed E-state index contributed by atoms with van der Waals surface area (Å²) in [4.78, 5) is 10.6. The van der Waals surface area contributed by atoms with E-state index in [9.17, 15) is 4.79 Å². The van der Waals surface area contributed by atoms with Gasteiger partial charge in [-0.1, -0.05) is 15.9 Å². The Morgan fingerprint density at radius 1 is 1.64 bits per heavy atom. The van der Waals surface area contributed by atoms with Gasteiger partial charge >= 0.3 is 0 Å². The van der Waals surface area contributed by atoms with Gasteiger partial charge in [0.25, 0.3) is 0 Å². The number of rotatable bonds is 3. The lowest BCUT2D eigenvalue weighted by molar-refractivity contribution is 0.112. The maximum atomic E-state index is 10.6. The van der Waals surface area contributed by atoms with Crippen LogP contribution in [0.2, 0.25) is 0 Å². The maximum absolute atomic E-state index is 10.6. The minimum Gasteiger partial charge on any atom is -0.476 e. The van der Waals surface area contributed by atoms with Crippen LogP contribution in [0.5, 0.6) is 5.75 Å². The van der Waals surface area contributed by atoms with Gasteiger partial charge in [-0.25, -0.2) is 0 Å². The summed E-state index contributed by atoms with van der Waals surface area (Å²) in [6, 6.07) is 6.94. The van der Waals surface area contributed by atoms with Crippen LogP contribution < -0.4 is 4.74 Å². The fourth-order valence-corrected chi connectivity index (χ4v) is 1.26. The summed E-state index contributed by atoms with van der Waals surface area (Å²) in [5.74, 6) is 0.518. The summed E-state index contributed by atoms with van der Waals surface area (Å²) in [7, 11) is 0. The van der Waals surface area contributed by atoms with Gasteiger partial charge in [0.15, 0.2) is 12.4 Å². The molecule has 1 unspecified atom stereocenters. The molecule has 0 fully saturated rings. The molecule has 14 heavy (non-hydrogen) atoms. The zero-order valence-electron chi connectivity index (χ0n) is 7.53. The number of carbonyl (C=O) groups is 1. The van der Waals surface area contributed by atoms with Crippen LogP contribution in [0.3, 0.4) is 0 Å². The second-order valence-electron chi connectivity index (χ2n) is 2.69. The molecule has 1 aromatic rings. The predicted octanol–water partition coefficient (Wildman–Crippen LogP) is 2.55. The Balaban J connectivity index is 2.91. The second kappa shape index (κ2) is 4.77. The Kier molecular flexibility index (Phi) is 3.66. The van der Waals surface area contributed by atoms with Crippen molar-refractivity contribution in [3.8, 4) is 11.8 Å². The van der Waals surface area contributed by atoms with E-state index in [-0.39, 0.29) is 0 Å². The molecule has 0 bridgehead atoms. The molecular formula is C10H8BrNO2. The molecule has 1 rings (SSSR count). The number of aldehydes is 1. The lowest BCUT2D eigenvalue weighted by Crippen LogP contribution is -2.08. The summed E-state index contributed by atoms with van der Waals surface area (Å²) in [5, 5.41) is 8.52. The minimum atomic E-state index is -0.518. The quantitative estimate of drug-likeness (QED) is 0.779. The number of nitriles is 1. The first-order valence-corrected chi connectivity index (χ1v) is 4.77. The van der Waals surface area contributed by atoms with Crippen molar-refractivity contribution in [2.24, 2.45) is 0 Å². The molecule has 4 heteroatoms. The van der Waals surface area contributed by atoms with Crippen LogP contribution in [-0.2, 0) is 0 Å². The van der Waals surface area contributed by atoms with Crippen LogP contribution in [0.15, 0.2) is 22.7 Å². The van der Waals surface area contributed by atoms with E-state index >= 15 is 0 Å². The van der Waals surface area contributed by atoms with E-state index in [0.717, 1.165) is 6.29 Å². The number of ether oxygens (including phenoxy) is 1. The summed E-state index contributed by atoms with van der Waals surface area (Å²) in [6.07, 6.45) is 0.212. The monoisotopic (exact) mass is 253 g/mol. The van der Waals surface area contributed by atoms with E-state index in [0.29, 0.717) is 15.8 Å². The normalized spacial score (nSPS) is 11.5. The molecule has 1 aromatic carbocycles. The van der Waals surface area contributed by atoms with Crippen LogP contribution in [0.1, 0.15) is 17.3 Å². The minimum absolute atomic E-state index is 0.507. The van der Waals surface area contributed by atoms with Gasteiger partial charge in [-0.2, -0.15) is 5.26 Å². The molecule has 3 nitrogen and oxygen atoms in total. The molecule has 0 aliphatic heterocycles. The fraction of sp³-hybridized carbons (Fsp3) is 0.200.